The van der Waals surface area contributed by atoms with E-state index in [1.807, 2.05) is 43.1 Å². The first-order valence-electron chi connectivity index (χ1n) is 9.97. The van der Waals surface area contributed by atoms with Gasteiger partial charge >= 0.3 is 0 Å². The number of aryl methyl sites for hydroxylation is 1. The van der Waals surface area contributed by atoms with Crippen molar-refractivity contribution in [1.29, 1.82) is 0 Å². The summed E-state index contributed by atoms with van der Waals surface area (Å²) >= 11 is 0. The Morgan fingerprint density at radius 3 is 2.50 bits per heavy atom. The number of benzene rings is 1. The van der Waals surface area contributed by atoms with E-state index >= 15 is 0 Å². The molecule has 0 spiro atoms. The molecule has 1 aromatic rings. The summed E-state index contributed by atoms with van der Waals surface area (Å²) in [5.41, 5.74) is 1.97. The van der Waals surface area contributed by atoms with Gasteiger partial charge in [0.2, 0.25) is 0 Å². The Balaban J connectivity index is 1.43. The van der Waals surface area contributed by atoms with Crippen LogP contribution in [0.15, 0.2) is 24.3 Å². The third kappa shape index (κ3) is 5.07. The Labute approximate surface area is 156 Å². The standard InChI is InChI=1S/C21H31N3O2/c1-16-7-9-19(10-8-16)22-20(25)14-23(2)15-21(26)24-12-11-17-5-3-4-6-18(17)13-24/h7-10,17-18H,3-6,11-15H2,1-2H3,(H,22,25)/p+1/t17-,18+/m0/s1. The summed E-state index contributed by atoms with van der Waals surface area (Å²) in [6.07, 6.45) is 6.45. The van der Waals surface area contributed by atoms with Crippen molar-refractivity contribution in [2.24, 2.45) is 11.8 Å². The molecule has 2 fully saturated rings. The summed E-state index contributed by atoms with van der Waals surface area (Å²) in [4.78, 5) is 27.8. The van der Waals surface area contributed by atoms with Crippen molar-refractivity contribution in [1.82, 2.24) is 4.90 Å². The van der Waals surface area contributed by atoms with E-state index in [9.17, 15) is 9.59 Å². The van der Waals surface area contributed by atoms with Crippen LogP contribution in [-0.4, -0.2) is 49.9 Å². The molecule has 3 atom stereocenters. The van der Waals surface area contributed by atoms with Crippen molar-refractivity contribution < 1.29 is 14.5 Å². The van der Waals surface area contributed by atoms with E-state index in [1.54, 1.807) is 0 Å². The summed E-state index contributed by atoms with van der Waals surface area (Å²) in [6.45, 7) is 4.53. The zero-order valence-electron chi connectivity index (χ0n) is 16.1. The average Bonchev–Trinajstić information content (AvgIpc) is 2.63. The van der Waals surface area contributed by atoms with Crippen LogP contribution < -0.4 is 10.2 Å². The van der Waals surface area contributed by atoms with Gasteiger partial charge in [-0.15, -0.1) is 0 Å². The fourth-order valence-electron chi connectivity index (χ4n) is 4.38. The lowest BCUT2D eigenvalue weighted by Crippen LogP contribution is -3.11. The van der Waals surface area contributed by atoms with Gasteiger partial charge in [-0.05, 0) is 43.7 Å². The highest BCUT2D eigenvalue weighted by atomic mass is 16.2. The van der Waals surface area contributed by atoms with Gasteiger partial charge in [-0.3, -0.25) is 9.59 Å². The van der Waals surface area contributed by atoms with E-state index in [0.717, 1.165) is 41.6 Å². The van der Waals surface area contributed by atoms with Gasteiger partial charge in [-0.2, -0.15) is 0 Å². The zero-order chi connectivity index (χ0) is 18.5. The van der Waals surface area contributed by atoms with E-state index in [1.165, 1.54) is 25.7 Å². The molecule has 1 unspecified atom stereocenters. The zero-order valence-corrected chi connectivity index (χ0v) is 16.1. The van der Waals surface area contributed by atoms with Crippen molar-refractivity contribution >= 4 is 17.5 Å². The maximum absolute atomic E-state index is 12.6. The van der Waals surface area contributed by atoms with E-state index in [-0.39, 0.29) is 11.8 Å². The van der Waals surface area contributed by atoms with E-state index in [4.69, 9.17) is 0 Å². The topological polar surface area (TPSA) is 53.9 Å². The quantitative estimate of drug-likeness (QED) is 0.838. The smallest absolute Gasteiger partial charge is 0.279 e. The van der Waals surface area contributed by atoms with Crippen molar-refractivity contribution in [2.75, 3.05) is 38.5 Å². The van der Waals surface area contributed by atoms with Crippen molar-refractivity contribution in [2.45, 2.75) is 39.0 Å². The van der Waals surface area contributed by atoms with Crippen LogP contribution in [0.25, 0.3) is 0 Å². The molecule has 5 nitrogen and oxygen atoms in total. The predicted octanol–water partition coefficient (Wildman–Crippen LogP) is 1.49. The minimum Gasteiger partial charge on any atom is -0.338 e. The van der Waals surface area contributed by atoms with Crippen LogP contribution in [0.4, 0.5) is 5.69 Å². The third-order valence-corrected chi connectivity index (χ3v) is 5.89. The molecule has 1 aromatic carbocycles. The molecule has 3 rings (SSSR count). The molecule has 0 aromatic heterocycles. The largest absolute Gasteiger partial charge is 0.338 e. The summed E-state index contributed by atoms with van der Waals surface area (Å²) in [5, 5.41) is 2.91. The SMILES string of the molecule is Cc1ccc(NC(=O)C[NH+](C)CC(=O)N2CC[C@@H]3CCCC[C@@H]3C2)cc1. The second kappa shape index (κ2) is 8.67. The lowest BCUT2D eigenvalue weighted by molar-refractivity contribution is -0.862. The first kappa shape index (κ1) is 18.9. The number of piperidine rings is 1. The lowest BCUT2D eigenvalue weighted by atomic mass is 9.75. The number of carbonyl (C=O) groups excluding carboxylic acids is 2. The second-order valence-corrected chi connectivity index (χ2v) is 8.16. The molecule has 5 heteroatoms. The Morgan fingerprint density at radius 1 is 1.08 bits per heavy atom. The molecule has 2 aliphatic rings. The molecule has 2 amide bonds. The molecule has 1 saturated heterocycles. The summed E-state index contributed by atoms with van der Waals surface area (Å²) < 4.78 is 0. The molecule has 1 aliphatic heterocycles. The normalized spacial score (nSPS) is 23.8. The number of nitrogens with one attached hydrogen (secondary N) is 2. The van der Waals surface area contributed by atoms with Crippen molar-refractivity contribution in [3.8, 4) is 0 Å². The predicted molar refractivity (Wildman–Crippen MR) is 103 cm³/mol. The number of anilines is 1. The van der Waals surface area contributed by atoms with E-state index in [0.29, 0.717) is 19.0 Å². The third-order valence-electron chi connectivity index (χ3n) is 5.89. The average molecular weight is 359 g/mol. The Bertz CT molecular complexity index is 629. The number of hydrogen-bond donors (Lipinski definition) is 2. The van der Waals surface area contributed by atoms with Gasteiger partial charge in [0.15, 0.2) is 13.1 Å². The molecule has 142 valence electrons. The monoisotopic (exact) mass is 358 g/mol. The second-order valence-electron chi connectivity index (χ2n) is 8.16. The Kier molecular flexibility index (Phi) is 6.30. The van der Waals surface area contributed by atoms with Crippen molar-refractivity contribution in [3.05, 3.63) is 29.8 Å². The van der Waals surface area contributed by atoms with Crippen LogP contribution in [0.1, 0.15) is 37.7 Å². The highest BCUT2D eigenvalue weighted by Crippen LogP contribution is 2.35. The number of amides is 2. The molecule has 1 saturated carbocycles. The molecule has 0 bridgehead atoms. The minimum atomic E-state index is -0.0508. The molecular formula is C21H32N3O2+. The van der Waals surface area contributed by atoms with Crippen LogP contribution >= 0.6 is 0 Å². The number of fused-ring (bicyclic) bond motifs is 1. The van der Waals surface area contributed by atoms with Crippen LogP contribution in [0.3, 0.4) is 0 Å². The summed E-state index contributed by atoms with van der Waals surface area (Å²) in [5.74, 6) is 1.67. The number of hydrogen-bond acceptors (Lipinski definition) is 2. The van der Waals surface area contributed by atoms with Gasteiger partial charge in [0.25, 0.3) is 11.8 Å². The van der Waals surface area contributed by atoms with Gasteiger partial charge < -0.3 is 15.1 Å². The molecule has 2 N–H and O–H groups in total. The van der Waals surface area contributed by atoms with Gasteiger partial charge in [0.1, 0.15) is 0 Å². The first-order valence-corrected chi connectivity index (χ1v) is 9.97. The van der Waals surface area contributed by atoms with Crippen LogP contribution in [0.2, 0.25) is 0 Å². The number of likely N-dealkylation sites (N-methyl/N-ethyl adjacent to an activating group) is 1. The van der Waals surface area contributed by atoms with Crippen LogP contribution in [-0.2, 0) is 9.59 Å². The molecule has 1 aliphatic carbocycles. The fourth-order valence-corrected chi connectivity index (χ4v) is 4.38. The van der Waals surface area contributed by atoms with Gasteiger partial charge in [-0.25, -0.2) is 0 Å². The highest BCUT2D eigenvalue weighted by Gasteiger charge is 2.33. The first-order chi connectivity index (χ1) is 12.5. The van der Waals surface area contributed by atoms with E-state index in [2.05, 4.69) is 5.32 Å². The molecule has 1 heterocycles. The van der Waals surface area contributed by atoms with Crippen LogP contribution in [0, 0.1) is 18.8 Å². The molecule has 0 radical (unpaired) electrons. The number of carbonyl (C=O) groups is 2. The maximum atomic E-state index is 12.6. The number of nitrogens with zero attached hydrogens (tertiary/aromatic N) is 1. The number of rotatable bonds is 5. The fraction of sp³-hybridized carbons (Fsp3) is 0.619. The van der Waals surface area contributed by atoms with Gasteiger partial charge in [0, 0.05) is 18.8 Å². The lowest BCUT2D eigenvalue weighted by Gasteiger charge is -2.41. The highest BCUT2D eigenvalue weighted by molar-refractivity contribution is 5.91. The molecular weight excluding hydrogens is 326 g/mol. The number of quaternary nitrogens is 1. The van der Waals surface area contributed by atoms with E-state index < -0.39 is 0 Å². The minimum absolute atomic E-state index is 0.0508. The number of likely N-dealkylation sites (tertiary alicyclic amines) is 1. The Hall–Kier alpha value is -1.88. The molecule has 26 heavy (non-hydrogen) atoms. The van der Waals surface area contributed by atoms with Gasteiger partial charge in [0.05, 0.1) is 7.05 Å². The summed E-state index contributed by atoms with van der Waals surface area (Å²) in [6, 6.07) is 7.76. The maximum Gasteiger partial charge on any atom is 0.279 e. The van der Waals surface area contributed by atoms with Crippen LogP contribution in [0.5, 0.6) is 0 Å². The summed E-state index contributed by atoms with van der Waals surface area (Å²) in [7, 11) is 1.92. The Morgan fingerprint density at radius 2 is 1.77 bits per heavy atom. The van der Waals surface area contributed by atoms with Gasteiger partial charge in [-0.1, -0.05) is 37.0 Å². The van der Waals surface area contributed by atoms with Crippen molar-refractivity contribution in [3.63, 3.8) is 0 Å².